The summed E-state index contributed by atoms with van der Waals surface area (Å²) in [7, 11) is 0. The number of amides is 2. The summed E-state index contributed by atoms with van der Waals surface area (Å²) in [6.07, 6.45) is 5.77. The number of rotatable bonds is 4. The first-order chi connectivity index (χ1) is 14.1. The molecule has 3 heterocycles. The molecular formula is C23H26N4O2. The number of likely N-dealkylation sites (tertiary alicyclic amines) is 1. The van der Waals surface area contributed by atoms with E-state index in [-0.39, 0.29) is 17.6 Å². The molecule has 6 nitrogen and oxygen atoms in total. The third-order valence-corrected chi connectivity index (χ3v) is 5.58. The van der Waals surface area contributed by atoms with Gasteiger partial charge in [0.05, 0.1) is 5.52 Å². The van der Waals surface area contributed by atoms with Crippen molar-refractivity contribution >= 4 is 23.0 Å². The molecule has 0 saturated carbocycles. The van der Waals surface area contributed by atoms with Crippen molar-refractivity contribution in [2.24, 2.45) is 0 Å². The Morgan fingerprint density at radius 2 is 1.86 bits per heavy atom. The number of piperidine rings is 1. The molecule has 0 bridgehead atoms. The molecule has 6 heteroatoms. The van der Waals surface area contributed by atoms with Gasteiger partial charge in [0.2, 0.25) is 5.82 Å². The molecular weight excluding hydrogens is 364 g/mol. The second-order valence-corrected chi connectivity index (χ2v) is 7.51. The maximum atomic E-state index is 13.1. The van der Waals surface area contributed by atoms with Crippen LogP contribution in [0.5, 0.6) is 0 Å². The van der Waals surface area contributed by atoms with Gasteiger partial charge in [-0.05, 0) is 55.9 Å². The minimum absolute atomic E-state index is 0.0995. The summed E-state index contributed by atoms with van der Waals surface area (Å²) in [5, 5.41) is 3.02. The van der Waals surface area contributed by atoms with E-state index in [1.165, 1.54) is 0 Å². The Hall–Kier alpha value is -3.15. The first-order valence-electron chi connectivity index (χ1n) is 10.3. The van der Waals surface area contributed by atoms with E-state index in [4.69, 9.17) is 0 Å². The molecule has 2 aromatic heterocycles. The Balaban J connectivity index is 1.71. The Morgan fingerprint density at radius 3 is 2.62 bits per heavy atom. The normalized spacial score (nSPS) is 14.2. The van der Waals surface area contributed by atoms with Crippen LogP contribution in [0.25, 0.3) is 5.52 Å². The van der Waals surface area contributed by atoms with E-state index in [0.717, 1.165) is 55.6 Å². The molecule has 1 aliphatic rings. The lowest BCUT2D eigenvalue weighted by molar-refractivity contribution is 0.0721. The maximum Gasteiger partial charge on any atom is 0.292 e. The van der Waals surface area contributed by atoms with Gasteiger partial charge in [-0.1, -0.05) is 31.2 Å². The van der Waals surface area contributed by atoms with Crippen LogP contribution >= 0.6 is 0 Å². The number of nitrogens with zero attached hydrogens (tertiary/aromatic N) is 3. The Morgan fingerprint density at radius 1 is 1.07 bits per heavy atom. The molecule has 1 aromatic carbocycles. The molecule has 1 aliphatic heterocycles. The average molecular weight is 390 g/mol. The number of aryl methyl sites for hydroxylation is 2. The molecule has 4 rings (SSSR count). The summed E-state index contributed by atoms with van der Waals surface area (Å²) >= 11 is 0. The first-order valence-corrected chi connectivity index (χ1v) is 10.3. The number of pyridine rings is 1. The van der Waals surface area contributed by atoms with Crippen molar-refractivity contribution < 1.29 is 9.59 Å². The summed E-state index contributed by atoms with van der Waals surface area (Å²) < 4.78 is 1.70. The molecule has 1 fully saturated rings. The Bertz CT molecular complexity index is 1060. The quantitative estimate of drug-likeness (QED) is 0.730. The van der Waals surface area contributed by atoms with Gasteiger partial charge in [0.25, 0.3) is 11.8 Å². The van der Waals surface area contributed by atoms with Crippen molar-refractivity contribution in [2.75, 3.05) is 18.4 Å². The number of aromatic nitrogens is 2. The van der Waals surface area contributed by atoms with Gasteiger partial charge in [0.1, 0.15) is 0 Å². The van der Waals surface area contributed by atoms with Crippen molar-refractivity contribution in [2.45, 2.75) is 39.5 Å². The van der Waals surface area contributed by atoms with Crippen LogP contribution in [-0.4, -0.2) is 39.2 Å². The number of imidazole rings is 1. The van der Waals surface area contributed by atoms with E-state index in [0.29, 0.717) is 11.2 Å². The van der Waals surface area contributed by atoms with E-state index in [1.54, 1.807) is 10.6 Å². The average Bonchev–Trinajstić information content (AvgIpc) is 3.15. The van der Waals surface area contributed by atoms with E-state index in [9.17, 15) is 9.59 Å². The van der Waals surface area contributed by atoms with Crippen molar-refractivity contribution in [3.05, 3.63) is 65.2 Å². The van der Waals surface area contributed by atoms with Gasteiger partial charge in [-0.2, -0.15) is 0 Å². The number of carbonyl (C=O) groups is 2. The lowest BCUT2D eigenvalue weighted by Crippen LogP contribution is -2.36. The number of anilines is 1. The highest BCUT2D eigenvalue weighted by molar-refractivity contribution is 6.06. The maximum absolute atomic E-state index is 13.1. The number of benzene rings is 1. The smallest absolute Gasteiger partial charge is 0.292 e. The topological polar surface area (TPSA) is 66.7 Å². The minimum Gasteiger partial charge on any atom is -0.337 e. The molecule has 0 atom stereocenters. The molecule has 150 valence electrons. The van der Waals surface area contributed by atoms with Crippen molar-refractivity contribution in [1.82, 2.24) is 14.3 Å². The molecule has 0 radical (unpaired) electrons. The van der Waals surface area contributed by atoms with Gasteiger partial charge in [0.15, 0.2) is 5.69 Å². The fraction of sp³-hybridized carbons (Fsp3) is 0.348. The van der Waals surface area contributed by atoms with Crippen LogP contribution in [0.3, 0.4) is 0 Å². The van der Waals surface area contributed by atoms with Gasteiger partial charge in [-0.3, -0.25) is 14.0 Å². The second kappa shape index (κ2) is 8.07. The summed E-state index contributed by atoms with van der Waals surface area (Å²) in [5.74, 6) is -0.184. The zero-order chi connectivity index (χ0) is 20.4. The van der Waals surface area contributed by atoms with Crippen LogP contribution in [0.4, 0.5) is 5.69 Å². The number of carbonyl (C=O) groups excluding carboxylic acids is 2. The van der Waals surface area contributed by atoms with E-state index >= 15 is 0 Å². The zero-order valence-corrected chi connectivity index (χ0v) is 16.9. The van der Waals surface area contributed by atoms with E-state index < -0.39 is 0 Å². The minimum atomic E-state index is -0.312. The molecule has 0 aliphatic carbocycles. The Labute approximate surface area is 170 Å². The molecule has 0 spiro atoms. The third-order valence-electron chi connectivity index (χ3n) is 5.58. The van der Waals surface area contributed by atoms with Crippen LogP contribution in [0.1, 0.15) is 58.4 Å². The summed E-state index contributed by atoms with van der Waals surface area (Å²) in [4.78, 5) is 32.6. The lowest BCUT2D eigenvalue weighted by Gasteiger charge is -2.25. The summed E-state index contributed by atoms with van der Waals surface area (Å²) in [5.41, 5.74) is 3.90. The standard InChI is InChI=1S/C23H26N4O2/c1-3-17-11-9-10-16(2)19(17)25-22(28)21-24-20(18-12-5-8-15-27(18)21)23(29)26-13-6-4-7-14-26/h5,8-12,15H,3-4,6-7,13-14H2,1-2H3,(H,25,28). The number of fused-ring (bicyclic) bond motifs is 1. The van der Waals surface area contributed by atoms with Crippen LogP contribution in [0.15, 0.2) is 42.6 Å². The van der Waals surface area contributed by atoms with Crippen LogP contribution < -0.4 is 5.32 Å². The van der Waals surface area contributed by atoms with Crippen LogP contribution in [-0.2, 0) is 6.42 Å². The molecule has 0 unspecified atom stereocenters. The predicted molar refractivity (Wildman–Crippen MR) is 113 cm³/mol. The Kier molecular flexibility index (Phi) is 5.34. The van der Waals surface area contributed by atoms with E-state index in [2.05, 4.69) is 17.2 Å². The highest BCUT2D eigenvalue weighted by Crippen LogP contribution is 2.23. The van der Waals surface area contributed by atoms with Gasteiger partial charge in [-0.25, -0.2) is 4.98 Å². The van der Waals surface area contributed by atoms with Crippen molar-refractivity contribution in [1.29, 1.82) is 0 Å². The largest absolute Gasteiger partial charge is 0.337 e. The molecule has 29 heavy (non-hydrogen) atoms. The number of para-hydroxylation sites is 1. The SMILES string of the molecule is CCc1cccc(C)c1NC(=O)c1nc(C(=O)N2CCCCC2)c2ccccn12. The summed E-state index contributed by atoms with van der Waals surface area (Å²) in [6, 6.07) is 11.5. The van der Waals surface area contributed by atoms with Crippen molar-refractivity contribution in [3.63, 3.8) is 0 Å². The highest BCUT2D eigenvalue weighted by Gasteiger charge is 2.26. The van der Waals surface area contributed by atoms with Crippen LogP contribution in [0.2, 0.25) is 0 Å². The lowest BCUT2D eigenvalue weighted by atomic mass is 10.1. The second-order valence-electron chi connectivity index (χ2n) is 7.51. The molecule has 2 amide bonds. The van der Waals surface area contributed by atoms with Crippen LogP contribution in [0, 0.1) is 6.92 Å². The summed E-state index contributed by atoms with van der Waals surface area (Å²) in [6.45, 7) is 5.53. The van der Waals surface area contributed by atoms with Crippen molar-refractivity contribution in [3.8, 4) is 0 Å². The monoisotopic (exact) mass is 390 g/mol. The number of hydrogen-bond acceptors (Lipinski definition) is 3. The van der Waals surface area contributed by atoms with Gasteiger partial charge in [-0.15, -0.1) is 0 Å². The fourth-order valence-electron chi connectivity index (χ4n) is 3.97. The van der Waals surface area contributed by atoms with Gasteiger partial charge < -0.3 is 10.2 Å². The fourth-order valence-corrected chi connectivity index (χ4v) is 3.97. The van der Waals surface area contributed by atoms with E-state index in [1.807, 2.05) is 48.2 Å². The third kappa shape index (κ3) is 3.62. The first kappa shape index (κ1) is 19.2. The molecule has 3 aromatic rings. The number of hydrogen-bond donors (Lipinski definition) is 1. The number of nitrogens with one attached hydrogen (secondary N) is 1. The molecule has 1 N–H and O–H groups in total. The van der Waals surface area contributed by atoms with Gasteiger partial charge in [0, 0.05) is 25.0 Å². The molecule has 1 saturated heterocycles. The zero-order valence-electron chi connectivity index (χ0n) is 16.9. The predicted octanol–water partition coefficient (Wildman–Crippen LogP) is 4.08. The highest BCUT2D eigenvalue weighted by atomic mass is 16.2. The van der Waals surface area contributed by atoms with Gasteiger partial charge >= 0.3 is 0 Å².